The van der Waals surface area contributed by atoms with Crippen LogP contribution >= 0.6 is 0 Å². The average Bonchev–Trinajstić information content (AvgIpc) is 2.31. The molecule has 0 spiro atoms. The maximum atomic E-state index is 11.0. The Morgan fingerprint density at radius 3 is 2.43 bits per heavy atom. The molecular weight excluding hydrogens is 218 g/mol. The minimum Gasteiger partial charge on any atom is -0.747 e. The van der Waals surface area contributed by atoms with E-state index in [-0.39, 0.29) is 11.5 Å². The Morgan fingerprint density at radius 1 is 1.50 bits per heavy atom. The van der Waals surface area contributed by atoms with Gasteiger partial charge in [-0.05, 0) is 0 Å². The summed E-state index contributed by atoms with van der Waals surface area (Å²) < 4.78 is 31.3. The molecule has 1 unspecified atom stereocenters. The van der Waals surface area contributed by atoms with Crippen LogP contribution < -0.4 is 0 Å². The summed E-state index contributed by atoms with van der Waals surface area (Å²) in [5.41, 5.74) is 0. The zero-order valence-corrected chi connectivity index (χ0v) is 7.39. The van der Waals surface area contributed by atoms with Crippen molar-refractivity contribution in [1.82, 2.24) is 5.06 Å². The summed E-state index contributed by atoms with van der Waals surface area (Å²) in [6.07, 6.45) is -0.793. The smallest absolute Gasteiger partial charge is 0.321 e. The first-order valence-corrected chi connectivity index (χ1v) is 4.77. The molecule has 2 amide bonds. The average molecular weight is 222 g/mol. The first kappa shape index (κ1) is 10.6. The highest BCUT2D eigenvalue weighted by molar-refractivity contribution is 7.87. The molecule has 1 saturated heterocycles. The van der Waals surface area contributed by atoms with E-state index < -0.39 is 33.6 Å². The van der Waals surface area contributed by atoms with Crippen molar-refractivity contribution in [2.75, 3.05) is 0 Å². The van der Waals surface area contributed by atoms with Gasteiger partial charge in [0.05, 0.1) is 6.42 Å². The number of carbonyl (C=O) groups is 3. The Balaban J connectivity index is 2.96. The highest BCUT2D eigenvalue weighted by atomic mass is 32.2. The fourth-order valence-electron chi connectivity index (χ4n) is 0.962. The topological polar surface area (TPSA) is 121 Å². The van der Waals surface area contributed by atoms with Gasteiger partial charge in [-0.2, -0.15) is 0 Å². The standard InChI is InChI=1S/C5H5NO7S/c7-2-13-6-4(8)1-3(5(6)9)14(10,11)12/h2-3H,1H2,(H,10,11,12)/p-1. The van der Waals surface area contributed by atoms with E-state index in [1.807, 2.05) is 0 Å². The monoisotopic (exact) mass is 222 g/mol. The fourth-order valence-corrected chi connectivity index (χ4v) is 1.65. The molecule has 1 rings (SSSR count). The van der Waals surface area contributed by atoms with Gasteiger partial charge in [0, 0.05) is 0 Å². The number of hydrogen-bond donors (Lipinski definition) is 0. The molecular formula is C5H4NO7S-. The van der Waals surface area contributed by atoms with Crippen LogP contribution in [0.15, 0.2) is 0 Å². The van der Waals surface area contributed by atoms with Crippen LogP contribution in [0, 0.1) is 0 Å². The first-order chi connectivity index (χ1) is 6.38. The maximum absolute atomic E-state index is 11.0. The summed E-state index contributed by atoms with van der Waals surface area (Å²) in [5.74, 6) is -2.37. The van der Waals surface area contributed by atoms with Gasteiger partial charge in [0.2, 0.25) is 0 Å². The molecule has 1 aliphatic heterocycles. The second-order valence-electron chi connectivity index (χ2n) is 2.41. The number of nitrogens with zero attached hydrogens (tertiary/aromatic N) is 1. The van der Waals surface area contributed by atoms with E-state index in [0.717, 1.165) is 0 Å². The number of amides is 2. The van der Waals surface area contributed by atoms with E-state index in [4.69, 9.17) is 0 Å². The van der Waals surface area contributed by atoms with Crippen LogP contribution in [0.1, 0.15) is 6.42 Å². The summed E-state index contributed by atoms with van der Waals surface area (Å²) in [5, 5.41) is -2.03. The molecule has 0 aliphatic carbocycles. The van der Waals surface area contributed by atoms with Crippen molar-refractivity contribution in [3.05, 3.63) is 0 Å². The normalized spacial score (nSPS) is 22.6. The lowest BCUT2D eigenvalue weighted by Crippen LogP contribution is -2.34. The molecule has 1 fully saturated rings. The van der Waals surface area contributed by atoms with Crippen LogP contribution in [-0.2, 0) is 29.3 Å². The van der Waals surface area contributed by atoms with E-state index in [0.29, 0.717) is 0 Å². The van der Waals surface area contributed by atoms with Gasteiger partial charge in [-0.25, -0.2) is 8.42 Å². The second-order valence-corrected chi connectivity index (χ2v) is 3.97. The van der Waals surface area contributed by atoms with Gasteiger partial charge in [0.15, 0.2) is 0 Å². The summed E-state index contributed by atoms with van der Waals surface area (Å²) in [7, 11) is -4.89. The zero-order valence-electron chi connectivity index (χ0n) is 6.58. The minimum absolute atomic E-state index is 0.0346. The Labute approximate surface area is 78.1 Å². The predicted octanol–water partition coefficient (Wildman–Crippen LogP) is -2.25. The van der Waals surface area contributed by atoms with Gasteiger partial charge in [0.1, 0.15) is 15.4 Å². The Morgan fingerprint density at radius 2 is 2.07 bits per heavy atom. The molecule has 9 heteroatoms. The number of carbonyl (C=O) groups excluding carboxylic acids is 3. The molecule has 0 radical (unpaired) electrons. The Bertz CT molecular complexity index is 385. The quantitative estimate of drug-likeness (QED) is 0.300. The van der Waals surface area contributed by atoms with Crippen LogP contribution in [-0.4, -0.2) is 41.6 Å². The van der Waals surface area contributed by atoms with Crippen molar-refractivity contribution in [3.63, 3.8) is 0 Å². The van der Waals surface area contributed by atoms with Gasteiger partial charge in [-0.15, -0.1) is 5.06 Å². The largest absolute Gasteiger partial charge is 0.747 e. The van der Waals surface area contributed by atoms with Crippen molar-refractivity contribution in [3.8, 4) is 0 Å². The van der Waals surface area contributed by atoms with Crippen molar-refractivity contribution in [2.24, 2.45) is 0 Å². The van der Waals surface area contributed by atoms with Crippen LogP contribution in [0.25, 0.3) is 0 Å². The van der Waals surface area contributed by atoms with E-state index in [2.05, 4.69) is 4.84 Å². The van der Waals surface area contributed by atoms with E-state index >= 15 is 0 Å². The van der Waals surface area contributed by atoms with Gasteiger partial charge in [-0.1, -0.05) is 0 Å². The lowest BCUT2D eigenvalue weighted by Gasteiger charge is -2.12. The number of hydrogen-bond acceptors (Lipinski definition) is 7. The predicted molar refractivity (Wildman–Crippen MR) is 37.1 cm³/mol. The second kappa shape index (κ2) is 3.35. The Kier molecular flexibility index (Phi) is 2.53. The lowest BCUT2D eigenvalue weighted by molar-refractivity contribution is -0.187. The summed E-state index contributed by atoms with van der Waals surface area (Å²) >= 11 is 0. The molecule has 14 heavy (non-hydrogen) atoms. The minimum atomic E-state index is -4.89. The third-order valence-corrected chi connectivity index (χ3v) is 2.62. The van der Waals surface area contributed by atoms with Gasteiger partial charge >= 0.3 is 6.47 Å². The van der Waals surface area contributed by atoms with Crippen LogP contribution in [0.2, 0.25) is 0 Å². The maximum Gasteiger partial charge on any atom is 0.321 e. The number of rotatable bonds is 3. The highest BCUT2D eigenvalue weighted by Gasteiger charge is 2.44. The van der Waals surface area contributed by atoms with Crippen LogP contribution in [0.3, 0.4) is 0 Å². The van der Waals surface area contributed by atoms with E-state index in [9.17, 15) is 27.4 Å². The van der Waals surface area contributed by atoms with Crippen LogP contribution in [0.5, 0.6) is 0 Å². The van der Waals surface area contributed by atoms with Crippen molar-refractivity contribution >= 4 is 28.4 Å². The summed E-state index contributed by atoms with van der Waals surface area (Å²) in [6, 6.07) is 0. The molecule has 1 atom stereocenters. The molecule has 0 aromatic heterocycles. The van der Waals surface area contributed by atoms with Crippen molar-refractivity contribution < 1.29 is 32.2 Å². The molecule has 0 aromatic carbocycles. The fraction of sp³-hybridized carbons (Fsp3) is 0.400. The van der Waals surface area contributed by atoms with Gasteiger partial charge in [-0.3, -0.25) is 14.4 Å². The number of imide groups is 1. The van der Waals surface area contributed by atoms with Gasteiger partial charge < -0.3 is 9.39 Å². The third-order valence-electron chi connectivity index (χ3n) is 1.56. The SMILES string of the molecule is O=CON1C(=O)CC(S(=O)(=O)[O-])C1=O. The summed E-state index contributed by atoms with van der Waals surface area (Å²) in [6.45, 7) is -0.213. The molecule has 0 aromatic rings. The molecule has 0 bridgehead atoms. The van der Waals surface area contributed by atoms with Crippen molar-refractivity contribution in [1.29, 1.82) is 0 Å². The summed E-state index contributed by atoms with van der Waals surface area (Å²) in [4.78, 5) is 35.6. The molecule has 1 aliphatic rings. The van der Waals surface area contributed by atoms with E-state index in [1.54, 1.807) is 0 Å². The Hall–Kier alpha value is -1.48. The molecule has 8 nitrogen and oxygen atoms in total. The number of hydroxylamine groups is 2. The first-order valence-electron chi connectivity index (χ1n) is 3.30. The molecule has 78 valence electrons. The molecule has 0 N–H and O–H groups in total. The third kappa shape index (κ3) is 1.72. The highest BCUT2D eigenvalue weighted by Crippen LogP contribution is 2.18. The molecule has 1 heterocycles. The zero-order chi connectivity index (χ0) is 10.9. The lowest BCUT2D eigenvalue weighted by atomic mass is 10.4. The molecule has 0 saturated carbocycles. The van der Waals surface area contributed by atoms with Crippen LogP contribution in [0.4, 0.5) is 0 Å². The van der Waals surface area contributed by atoms with Gasteiger partial charge in [0.25, 0.3) is 11.8 Å². The van der Waals surface area contributed by atoms with E-state index in [1.165, 1.54) is 0 Å². The van der Waals surface area contributed by atoms with Crippen molar-refractivity contribution in [2.45, 2.75) is 11.7 Å².